The number of amides is 1. The molecule has 0 aromatic carbocycles. The van der Waals surface area contributed by atoms with E-state index >= 15 is 0 Å². The van der Waals surface area contributed by atoms with Crippen LogP contribution in [0.4, 0.5) is 0 Å². The van der Waals surface area contributed by atoms with Crippen LogP contribution in [-0.4, -0.2) is 77.2 Å². The second-order valence-electron chi connectivity index (χ2n) is 4.22. The number of carbonyl (C=O) groups excluding carboxylic acids is 1. The van der Waals surface area contributed by atoms with Gasteiger partial charge in [0.25, 0.3) is 0 Å². The Labute approximate surface area is 133 Å². The molecule has 0 saturated heterocycles. The first-order chi connectivity index (χ1) is 11.0. The summed E-state index contributed by atoms with van der Waals surface area (Å²) in [5, 5.41) is 51.5. The Bertz CT molecular complexity index is 598. The molecule has 1 aromatic rings. The lowest BCUT2D eigenvalue weighted by atomic mass is 9.90. The maximum Gasteiger partial charge on any atom is 0.342 e. The van der Waals surface area contributed by atoms with Gasteiger partial charge in [0, 0.05) is 12.4 Å². The minimum Gasteiger partial charge on any atom is -0.479 e. The van der Waals surface area contributed by atoms with Gasteiger partial charge in [-0.1, -0.05) is 0 Å². The molecule has 12 heteroatoms. The average Bonchev–Trinajstić information content (AvgIpc) is 2.53. The average molecular weight is 346 g/mol. The molecule has 2 atom stereocenters. The van der Waals surface area contributed by atoms with Crippen molar-refractivity contribution in [1.29, 1.82) is 0 Å². The molecule has 0 fully saturated rings. The molecule has 1 amide bonds. The molecule has 8 N–H and O–H groups in total. The molecule has 0 radical (unpaired) electrons. The van der Waals surface area contributed by atoms with Crippen LogP contribution in [0.2, 0.25) is 0 Å². The largest absolute Gasteiger partial charge is 0.479 e. The van der Waals surface area contributed by atoms with E-state index in [1.54, 1.807) is 18.3 Å². The number of carboxylic acids is 3. The number of aliphatic hydroxyl groups is 3. The van der Waals surface area contributed by atoms with Crippen molar-refractivity contribution in [2.75, 3.05) is 0 Å². The van der Waals surface area contributed by atoms with Crippen LogP contribution in [0.25, 0.3) is 0 Å². The Morgan fingerprint density at radius 2 is 1.50 bits per heavy atom. The normalized spacial score (nSPS) is 15.0. The zero-order valence-electron chi connectivity index (χ0n) is 11.8. The summed E-state index contributed by atoms with van der Waals surface area (Å²) >= 11 is 0. The Morgan fingerprint density at radius 1 is 1.04 bits per heavy atom. The lowest BCUT2D eigenvalue weighted by molar-refractivity contribution is -0.206. The fourth-order valence-electron chi connectivity index (χ4n) is 1.27. The van der Waals surface area contributed by atoms with Gasteiger partial charge in [-0.3, -0.25) is 9.78 Å². The van der Waals surface area contributed by atoms with E-state index in [1.807, 2.05) is 0 Å². The van der Waals surface area contributed by atoms with Crippen molar-refractivity contribution in [3.8, 4) is 0 Å². The van der Waals surface area contributed by atoms with E-state index in [4.69, 9.17) is 36.4 Å². The first kappa shape index (κ1) is 20.9. The second-order valence-corrected chi connectivity index (χ2v) is 4.22. The number of aromatic nitrogens is 1. The predicted octanol–water partition coefficient (Wildman–Crippen LogP) is -3.13. The number of aliphatic carboxylic acids is 3. The number of hydrogen-bond acceptors (Lipinski definition) is 8. The summed E-state index contributed by atoms with van der Waals surface area (Å²) in [7, 11) is 0. The smallest absolute Gasteiger partial charge is 0.342 e. The van der Waals surface area contributed by atoms with Gasteiger partial charge >= 0.3 is 17.9 Å². The fourth-order valence-corrected chi connectivity index (χ4v) is 1.27. The number of carboxylic acid groups (broad SMARTS) is 3. The molecule has 0 saturated carbocycles. The third-order valence-electron chi connectivity index (χ3n) is 2.59. The number of nitrogens with zero attached hydrogens (tertiary/aromatic N) is 1. The summed E-state index contributed by atoms with van der Waals surface area (Å²) < 4.78 is 0. The topological polar surface area (TPSA) is 229 Å². The Balaban J connectivity index is 0.000000496. The summed E-state index contributed by atoms with van der Waals surface area (Å²) in [6.45, 7) is 0. The summed E-state index contributed by atoms with van der Waals surface area (Å²) in [5.41, 5.74) is 1.67. The lowest BCUT2D eigenvalue weighted by Gasteiger charge is -2.28. The number of rotatable bonds is 6. The summed E-state index contributed by atoms with van der Waals surface area (Å²) in [5.74, 6) is -7.17. The number of hydrogen-bond donors (Lipinski definition) is 7. The Kier molecular flexibility index (Phi) is 7.42. The van der Waals surface area contributed by atoms with Crippen molar-refractivity contribution in [1.82, 2.24) is 4.98 Å². The molecule has 12 nitrogen and oxygen atoms in total. The number of carbonyl (C=O) groups is 4. The van der Waals surface area contributed by atoms with Gasteiger partial charge in [-0.25, -0.2) is 14.4 Å². The van der Waals surface area contributed by atoms with Crippen molar-refractivity contribution in [3.63, 3.8) is 0 Å². The van der Waals surface area contributed by atoms with E-state index in [0.29, 0.717) is 5.56 Å². The second kappa shape index (κ2) is 8.52. The lowest BCUT2D eigenvalue weighted by Crippen LogP contribution is -2.63. The molecule has 1 heterocycles. The van der Waals surface area contributed by atoms with E-state index in [1.165, 1.54) is 6.20 Å². The van der Waals surface area contributed by atoms with Crippen LogP contribution < -0.4 is 5.73 Å². The molecule has 0 aliphatic carbocycles. The highest BCUT2D eigenvalue weighted by atomic mass is 16.5. The van der Waals surface area contributed by atoms with Crippen LogP contribution >= 0.6 is 0 Å². The number of primary amides is 1. The predicted molar refractivity (Wildman–Crippen MR) is 72.6 cm³/mol. The van der Waals surface area contributed by atoms with Gasteiger partial charge in [-0.15, -0.1) is 0 Å². The minimum atomic E-state index is -3.71. The molecule has 2 unspecified atom stereocenters. The van der Waals surface area contributed by atoms with E-state index in [2.05, 4.69) is 4.98 Å². The van der Waals surface area contributed by atoms with E-state index in [0.717, 1.165) is 0 Å². The summed E-state index contributed by atoms with van der Waals surface area (Å²) in [6, 6.07) is 3.29. The van der Waals surface area contributed by atoms with Crippen molar-refractivity contribution in [3.05, 3.63) is 30.1 Å². The summed E-state index contributed by atoms with van der Waals surface area (Å²) in [4.78, 5) is 44.9. The quantitative estimate of drug-likeness (QED) is 0.272. The monoisotopic (exact) mass is 346 g/mol. The SMILES string of the molecule is NC(=O)c1cccnc1.O=C(O)C(O)C(O)(C(=O)O)C(O)C(=O)O. The molecule has 0 aliphatic heterocycles. The van der Waals surface area contributed by atoms with Crippen LogP contribution in [0.15, 0.2) is 24.5 Å². The zero-order chi connectivity index (χ0) is 19.1. The minimum absolute atomic E-state index is 0.442. The van der Waals surface area contributed by atoms with E-state index in [9.17, 15) is 19.2 Å². The molecule has 132 valence electrons. The van der Waals surface area contributed by atoms with Crippen molar-refractivity contribution in [2.24, 2.45) is 5.73 Å². The Hall–Kier alpha value is -3.09. The van der Waals surface area contributed by atoms with E-state index < -0.39 is 41.6 Å². The molecule has 0 aliphatic rings. The Morgan fingerprint density at radius 3 is 1.71 bits per heavy atom. The number of pyridine rings is 1. The molecule has 0 bridgehead atoms. The van der Waals surface area contributed by atoms with Crippen LogP contribution in [0.5, 0.6) is 0 Å². The highest BCUT2D eigenvalue weighted by Gasteiger charge is 2.56. The molecule has 24 heavy (non-hydrogen) atoms. The number of aliphatic hydroxyl groups excluding tert-OH is 2. The molecule has 1 rings (SSSR count). The highest BCUT2D eigenvalue weighted by molar-refractivity contribution is 5.93. The molecule has 1 aromatic heterocycles. The standard InChI is InChI=1S/C6H6N2O.C6H8O9/c7-6(9)5-2-1-3-8-4-5;7-1(3(9)10)6(15,5(13)14)2(8)4(11)12/h1-4H,(H2,7,9);1-2,7-8,15H,(H,9,10)(H,11,12)(H,13,14). The maximum absolute atomic E-state index is 10.4. The maximum atomic E-state index is 10.4. The van der Waals surface area contributed by atoms with Gasteiger partial charge in [0.05, 0.1) is 5.56 Å². The number of nitrogens with two attached hydrogens (primary N) is 1. The van der Waals surface area contributed by atoms with Gasteiger partial charge in [0.15, 0.2) is 12.2 Å². The first-order valence-corrected chi connectivity index (χ1v) is 5.93. The fraction of sp³-hybridized carbons (Fsp3) is 0.250. The van der Waals surface area contributed by atoms with Crippen LogP contribution in [0.3, 0.4) is 0 Å². The summed E-state index contributed by atoms with van der Waals surface area (Å²) in [6.07, 6.45) is -2.92. The van der Waals surface area contributed by atoms with Crippen molar-refractivity contribution < 1.29 is 49.8 Å². The molecular weight excluding hydrogens is 332 g/mol. The van der Waals surface area contributed by atoms with Gasteiger partial charge in [0.2, 0.25) is 11.5 Å². The van der Waals surface area contributed by atoms with Gasteiger partial charge in [0.1, 0.15) is 0 Å². The van der Waals surface area contributed by atoms with Gasteiger partial charge in [-0.2, -0.15) is 0 Å². The van der Waals surface area contributed by atoms with Gasteiger partial charge in [-0.05, 0) is 12.1 Å². The molecular formula is C12H14N2O10. The third-order valence-corrected chi connectivity index (χ3v) is 2.59. The highest BCUT2D eigenvalue weighted by Crippen LogP contribution is 2.17. The van der Waals surface area contributed by atoms with Crippen LogP contribution in [0.1, 0.15) is 10.4 Å². The van der Waals surface area contributed by atoms with E-state index in [-0.39, 0.29) is 0 Å². The van der Waals surface area contributed by atoms with Crippen molar-refractivity contribution >= 4 is 23.8 Å². The van der Waals surface area contributed by atoms with Gasteiger partial charge < -0.3 is 36.4 Å². The third kappa shape index (κ3) is 4.98. The zero-order valence-corrected chi connectivity index (χ0v) is 11.8. The molecule has 0 spiro atoms. The first-order valence-electron chi connectivity index (χ1n) is 5.93. The van der Waals surface area contributed by atoms with Crippen LogP contribution in [-0.2, 0) is 14.4 Å². The van der Waals surface area contributed by atoms with Crippen molar-refractivity contribution in [2.45, 2.75) is 17.8 Å². The van der Waals surface area contributed by atoms with Crippen LogP contribution in [0, 0.1) is 0 Å².